The number of aliphatic carboxylic acids is 1. The van der Waals surface area contributed by atoms with E-state index in [1.54, 1.807) is 0 Å². The molecule has 2 N–H and O–H groups in total. The molecule has 0 saturated heterocycles. The number of hydrogen-bond acceptors (Lipinski definition) is 2. The van der Waals surface area contributed by atoms with E-state index in [2.05, 4.69) is 17.2 Å². The van der Waals surface area contributed by atoms with Gasteiger partial charge in [-0.3, -0.25) is 4.79 Å². The number of hydrogen-bond donors (Lipinski definition) is 2. The molecule has 0 heterocycles. The highest BCUT2D eigenvalue weighted by Crippen LogP contribution is 2.06. The molecule has 0 fully saturated rings. The van der Waals surface area contributed by atoms with Gasteiger partial charge < -0.3 is 10.4 Å². The molecule has 0 aliphatic rings. The molecular weight excluding hydrogens is 190 g/mol. The summed E-state index contributed by atoms with van der Waals surface area (Å²) in [6, 6.07) is 7.70. The number of nitrogens with one attached hydrogen (secondary N) is 1. The lowest BCUT2D eigenvalue weighted by Crippen LogP contribution is -2.06. The van der Waals surface area contributed by atoms with Gasteiger partial charge in [0.1, 0.15) is 6.42 Å². The SMILES string of the molecule is CNCc1ccccc1C#CCC(=O)O. The van der Waals surface area contributed by atoms with Gasteiger partial charge >= 0.3 is 5.97 Å². The van der Waals surface area contributed by atoms with Crippen LogP contribution in [0.4, 0.5) is 0 Å². The summed E-state index contributed by atoms with van der Waals surface area (Å²) in [5.74, 6) is 4.59. The van der Waals surface area contributed by atoms with E-state index >= 15 is 0 Å². The molecule has 0 aliphatic heterocycles. The quantitative estimate of drug-likeness (QED) is 0.726. The maximum absolute atomic E-state index is 10.3. The van der Waals surface area contributed by atoms with E-state index in [0.29, 0.717) is 0 Å². The van der Waals surface area contributed by atoms with Gasteiger partial charge in [-0.05, 0) is 18.7 Å². The first kappa shape index (κ1) is 11.3. The Hall–Kier alpha value is -1.79. The predicted molar refractivity (Wildman–Crippen MR) is 58.3 cm³/mol. The third kappa shape index (κ3) is 3.84. The number of benzene rings is 1. The highest BCUT2D eigenvalue weighted by Gasteiger charge is 1.96. The molecule has 0 atom stereocenters. The number of carboxylic acids is 1. The van der Waals surface area contributed by atoms with Crippen LogP contribution in [0.25, 0.3) is 0 Å². The summed E-state index contributed by atoms with van der Waals surface area (Å²) in [4.78, 5) is 10.3. The lowest BCUT2D eigenvalue weighted by molar-refractivity contribution is -0.135. The number of carbonyl (C=O) groups is 1. The zero-order valence-corrected chi connectivity index (χ0v) is 8.58. The van der Waals surface area contributed by atoms with Crippen molar-refractivity contribution in [1.29, 1.82) is 0 Å². The third-order valence-corrected chi connectivity index (χ3v) is 1.85. The molecule has 0 spiro atoms. The van der Waals surface area contributed by atoms with Gasteiger partial charge in [0.15, 0.2) is 0 Å². The van der Waals surface area contributed by atoms with Gasteiger partial charge in [-0.1, -0.05) is 30.0 Å². The van der Waals surface area contributed by atoms with Gasteiger partial charge in [0, 0.05) is 12.1 Å². The van der Waals surface area contributed by atoms with Gasteiger partial charge in [-0.15, -0.1) is 0 Å². The zero-order chi connectivity index (χ0) is 11.1. The Kier molecular flexibility index (Phi) is 4.39. The van der Waals surface area contributed by atoms with Crippen LogP contribution >= 0.6 is 0 Å². The van der Waals surface area contributed by atoms with Crippen LogP contribution in [-0.2, 0) is 11.3 Å². The number of carboxylic acid groups (broad SMARTS) is 1. The molecule has 0 aliphatic carbocycles. The second-order valence-electron chi connectivity index (χ2n) is 3.06. The van der Waals surface area contributed by atoms with Gasteiger partial charge in [0.2, 0.25) is 0 Å². The average molecular weight is 203 g/mol. The minimum Gasteiger partial charge on any atom is -0.481 e. The van der Waals surface area contributed by atoms with Crippen molar-refractivity contribution in [3.05, 3.63) is 35.4 Å². The fourth-order valence-corrected chi connectivity index (χ4v) is 1.20. The van der Waals surface area contributed by atoms with Gasteiger partial charge in [0.25, 0.3) is 0 Å². The summed E-state index contributed by atoms with van der Waals surface area (Å²) < 4.78 is 0. The molecule has 1 aromatic carbocycles. The zero-order valence-electron chi connectivity index (χ0n) is 8.58. The Morgan fingerprint density at radius 1 is 1.47 bits per heavy atom. The molecule has 0 amide bonds. The molecular formula is C12H13NO2. The Balaban J connectivity index is 2.81. The van der Waals surface area contributed by atoms with Crippen LogP contribution in [0.1, 0.15) is 17.5 Å². The molecule has 0 bridgehead atoms. The first-order valence-electron chi connectivity index (χ1n) is 4.67. The average Bonchev–Trinajstić information content (AvgIpc) is 2.20. The first-order valence-corrected chi connectivity index (χ1v) is 4.67. The Morgan fingerprint density at radius 3 is 2.87 bits per heavy atom. The summed E-state index contributed by atoms with van der Waals surface area (Å²) in [5.41, 5.74) is 1.96. The first-order chi connectivity index (χ1) is 7.24. The fraction of sp³-hybridized carbons (Fsp3) is 0.250. The van der Waals surface area contributed by atoms with E-state index in [-0.39, 0.29) is 6.42 Å². The van der Waals surface area contributed by atoms with Crippen molar-refractivity contribution in [3.8, 4) is 11.8 Å². The van der Waals surface area contributed by atoms with Crippen molar-refractivity contribution in [2.75, 3.05) is 7.05 Å². The molecule has 3 nitrogen and oxygen atoms in total. The lowest BCUT2D eigenvalue weighted by Gasteiger charge is -2.02. The Labute approximate surface area is 89.1 Å². The minimum absolute atomic E-state index is 0.117. The minimum atomic E-state index is -0.895. The maximum Gasteiger partial charge on any atom is 0.315 e. The summed E-state index contributed by atoms with van der Waals surface area (Å²) in [6.45, 7) is 0.734. The van der Waals surface area contributed by atoms with Crippen molar-refractivity contribution in [2.24, 2.45) is 0 Å². The van der Waals surface area contributed by atoms with Crippen molar-refractivity contribution < 1.29 is 9.90 Å². The smallest absolute Gasteiger partial charge is 0.315 e. The number of rotatable bonds is 3. The monoisotopic (exact) mass is 203 g/mol. The molecule has 1 rings (SSSR count). The van der Waals surface area contributed by atoms with E-state index in [0.717, 1.165) is 17.7 Å². The summed E-state index contributed by atoms with van der Waals surface area (Å²) in [7, 11) is 1.86. The normalized spacial score (nSPS) is 9.13. The van der Waals surface area contributed by atoms with E-state index in [1.807, 2.05) is 31.3 Å². The Morgan fingerprint density at radius 2 is 2.20 bits per heavy atom. The van der Waals surface area contributed by atoms with E-state index in [1.165, 1.54) is 0 Å². The molecule has 15 heavy (non-hydrogen) atoms. The molecule has 78 valence electrons. The summed E-state index contributed by atoms with van der Waals surface area (Å²) in [6.07, 6.45) is -0.117. The van der Waals surface area contributed by atoms with Crippen LogP contribution in [-0.4, -0.2) is 18.1 Å². The van der Waals surface area contributed by atoms with E-state index in [9.17, 15) is 4.79 Å². The molecule has 0 radical (unpaired) electrons. The molecule has 0 aromatic heterocycles. The Bertz CT molecular complexity index is 402. The third-order valence-electron chi connectivity index (χ3n) is 1.85. The van der Waals surface area contributed by atoms with Crippen LogP contribution in [0.2, 0.25) is 0 Å². The van der Waals surface area contributed by atoms with Crippen LogP contribution in [0, 0.1) is 11.8 Å². The largest absolute Gasteiger partial charge is 0.481 e. The highest BCUT2D eigenvalue weighted by atomic mass is 16.4. The van der Waals surface area contributed by atoms with Gasteiger partial charge in [-0.2, -0.15) is 0 Å². The van der Waals surface area contributed by atoms with Crippen molar-refractivity contribution >= 4 is 5.97 Å². The molecule has 3 heteroatoms. The van der Waals surface area contributed by atoms with Crippen molar-refractivity contribution in [2.45, 2.75) is 13.0 Å². The summed E-state index contributed by atoms with van der Waals surface area (Å²) in [5, 5.41) is 11.5. The van der Waals surface area contributed by atoms with E-state index in [4.69, 9.17) is 5.11 Å². The second-order valence-corrected chi connectivity index (χ2v) is 3.06. The fourth-order valence-electron chi connectivity index (χ4n) is 1.20. The lowest BCUT2D eigenvalue weighted by atomic mass is 10.1. The van der Waals surface area contributed by atoms with E-state index < -0.39 is 5.97 Å². The topological polar surface area (TPSA) is 49.3 Å². The van der Waals surface area contributed by atoms with Gasteiger partial charge in [-0.25, -0.2) is 0 Å². The standard InChI is InChI=1S/C12H13NO2/c1-13-9-11-6-3-2-5-10(11)7-4-8-12(14)15/h2-3,5-6,13H,8-9H2,1H3,(H,14,15). The molecule has 0 unspecified atom stereocenters. The van der Waals surface area contributed by atoms with Crippen LogP contribution in [0.15, 0.2) is 24.3 Å². The molecule has 0 saturated carbocycles. The second kappa shape index (κ2) is 5.84. The van der Waals surface area contributed by atoms with Gasteiger partial charge in [0.05, 0.1) is 0 Å². The van der Waals surface area contributed by atoms with Crippen LogP contribution in [0.5, 0.6) is 0 Å². The maximum atomic E-state index is 10.3. The van der Waals surface area contributed by atoms with Crippen LogP contribution in [0.3, 0.4) is 0 Å². The van der Waals surface area contributed by atoms with Crippen LogP contribution < -0.4 is 5.32 Å². The summed E-state index contributed by atoms with van der Waals surface area (Å²) >= 11 is 0. The van der Waals surface area contributed by atoms with Crippen molar-refractivity contribution in [3.63, 3.8) is 0 Å². The van der Waals surface area contributed by atoms with Crippen molar-refractivity contribution in [1.82, 2.24) is 5.32 Å². The molecule has 1 aromatic rings. The predicted octanol–water partition coefficient (Wildman–Crippen LogP) is 1.23. The highest BCUT2D eigenvalue weighted by molar-refractivity contribution is 5.70.